The van der Waals surface area contributed by atoms with E-state index in [1.54, 1.807) is 23.9 Å². The summed E-state index contributed by atoms with van der Waals surface area (Å²) in [6.45, 7) is 0.586. The third-order valence-corrected chi connectivity index (χ3v) is 4.63. The number of anilines is 1. The number of carbonyl (C=O) groups excluding carboxylic acids is 1. The van der Waals surface area contributed by atoms with E-state index < -0.39 is 0 Å². The Morgan fingerprint density at radius 2 is 1.96 bits per heavy atom. The Morgan fingerprint density at radius 1 is 1.12 bits per heavy atom. The molecule has 1 heterocycles. The van der Waals surface area contributed by atoms with Crippen molar-refractivity contribution in [1.29, 1.82) is 0 Å². The van der Waals surface area contributed by atoms with E-state index in [4.69, 9.17) is 0 Å². The van der Waals surface area contributed by atoms with Crippen molar-refractivity contribution in [2.75, 3.05) is 17.6 Å². The van der Waals surface area contributed by atoms with Crippen LogP contribution in [0.1, 0.15) is 6.42 Å². The molecule has 0 bridgehead atoms. The lowest BCUT2D eigenvalue weighted by Gasteiger charge is -2.08. The summed E-state index contributed by atoms with van der Waals surface area (Å²) in [5.74, 6) is 0.634. The average molecular weight is 343 g/mol. The molecule has 0 saturated carbocycles. The summed E-state index contributed by atoms with van der Waals surface area (Å²) in [6.07, 6.45) is 2.68. The molecule has 2 amide bonds. The number of hydrogen-bond acceptors (Lipinski definition) is 2. The highest BCUT2D eigenvalue weighted by Crippen LogP contribution is 2.22. The Kier molecular flexibility index (Phi) is 5.38. The molecule has 3 rings (SSSR count). The molecule has 24 heavy (non-hydrogen) atoms. The van der Waals surface area contributed by atoms with Gasteiger partial charge >= 0.3 is 6.03 Å². The Hall–Kier alpha value is -2.47. The van der Waals surface area contributed by atoms with Crippen LogP contribution in [0.2, 0.25) is 0 Å². The van der Waals surface area contributed by atoms with Crippen molar-refractivity contribution in [3.05, 3.63) is 60.5 Å². The zero-order valence-electron chi connectivity index (χ0n) is 13.0. The van der Waals surface area contributed by atoms with Crippen LogP contribution in [0.3, 0.4) is 0 Å². The van der Waals surface area contributed by atoms with Gasteiger partial charge < -0.3 is 15.6 Å². The highest BCUT2D eigenvalue weighted by atomic mass is 32.2. The van der Waals surface area contributed by atoms with Gasteiger partial charge in [-0.1, -0.05) is 6.07 Å². The maximum Gasteiger partial charge on any atom is 0.319 e. The molecule has 0 unspecified atom stereocenters. The maximum atomic E-state index is 12.8. The van der Waals surface area contributed by atoms with Gasteiger partial charge in [0, 0.05) is 28.5 Å². The van der Waals surface area contributed by atoms with Crippen LogP contribution in [0.15, 0.2) is 59.6 Å². The molecule has 0 aliphatic carbocycles. The Balaban J connectivity index is 1.40. The first-order valence-electron chi connectivity index (χ1n) is 7.72. The molecule has 4 nitrogen and oxygen atoms in total. The summed E-state index contributed by atoms with van der Waals surface area (Å²) in [6, 6.07) is 13.9. The number of amides is 2. The molecule has 0 radical (unpaired) electrons. The molecule has 0 fully saturated rings. The molecule has 124 valence electrons. The van der Waals surface area contributed by atoms with E-state index in [1.165, 1.54) is 12.1 Å². The van der Waals surface area contributed by atoms with Crippen LogP contribution in [-0.4, -0.2) is 23.3 Å². The molecule has 3 N–H and O–H groups in total. The molecule has 3 aromatic rings. The SMILES string of the molecule is O=C(NCCCSc1ccc(F)cc1)Nc1cccc2[nH]ccc12. The van der Waals surface area contributed by atoms with E-state index >= 15 is 0 Å². The monoisotopic (exact) mass is 343 g/mol. The standard InChI is InChI=1S/C18H18FN3OS/c19-13-5-7-14(8-6-13)24-12-2-10-21-18(23)22-17-4-1-3-16-15(17)9-11-20-16/h1,3-9,11,20H,2,10,12H2,(H2,21,22,23). The molecule has 0 spiro atoms. The second kappa shape index (κ2) is 7.88. The number of benzene rings is 2. The van der Waals surface area contributed by atoms with Gasteiger partial charge in [-0.15, -0.1) is 11.8 Å². The average Bonchev–Trinajstić information content (AvgIpc) is 3.06. The lowest BCUT2D eigenvalue weighted by molar-refractivity contribution is 0.252. The minimum absolute atomic E-state index is 0.213. The van der Waals surface area contributed by atoms with Crippen LogP contribution in [0.4, 0.5) is 14.9 Å². The molecule has 0 saturated heterocycles. The van der Waals surface area contributed by atoms with E-state index in [9.17, 15) is 9.18 Å². The number of rotatable bonds is 6. The summed E-state index contributed by atoms with van der Waals surface area (Å²) in [5, 5.41) is 6.70. The fourth-order valence-corrected chi connectivity index (χ4v) is 3.21. The third kappa shape index (κ3) is 4.29. The van der Waals surface area contributed by atoms with Gasteiger partial charge in [-0.3, -0.25) is 0 Å². The summed E-state index contributed by atoms with van der Waals surface area (Å²) < 4.78 is 12.8. The van der Waals surface area contributed by atoms with Gasteiger partial charge in [0.05, 0.1) is 5.69 Å². The van der Waals surface area contributed by atoms with Crippen molar-refractivity contribution < 1.29 is 9.18 Å². The highest BCUT2D eigenvalue weighted by Gasteiger charge is 2.05. The molecule has 2 aromatic carbocycles. The van der Waals surface area contributed by atoms with Gasteiger partial charge in [0.2, 0.25) is 0 Å². The highest BCUT2D eigenvalue weighted by molar-refractivity contribution is 7.99. The fraction of sp³-hybridized carbons (Fsp3) is 0.167. The summed E-state index contributed by atoms with van der Waals surface area (Å²) >= 11 is 1.65. The second-order valence-electron chi connectivity index (χ2n) is 5.28. The molecule has 0 atom stereocenters. The number of urea groups is 1. The number of nitrogens with one attached hydrogen (secondary N) is 3. The van der Waals surface area contributed by atoms with E-state index in [2.05, 4.69) is 15.6 Å². The van der Waals surface area contributed by atoms with E-state index in [1.807, 2.05) is 30.5 Å². The largest absolute Gasteiger partial charge is 0.361 e. The van der Waals surface area contributed by atoms with Crippen molar-refractivity contribution >= 4 is 34.4 Å². The van der Waals surface area contributed by atoms with Crippen molar-refractivity contribution in [2.24, 2.45) is 0 Å². The summed E-state index contributed by atoms with van der Waals surface area (Å²) in [5.41, 5.74) is 1.77. The predicted molar refractivity (Wildman–Crippen MR) is 97.1 cm³/mol. The minimum Gasteiger partial charge on any atom is -0.361 e. The van der Waals surface area contributed by atoms with E-state index in [0.29, 0.717) is 6.54 Å². The van der Waals surface area contributed by atoms with E-state index in [-0.39, 0.29) is 11.8 Å². The first kappa shape index (κ1) is 16.4. The van der Waals surface area contributed by atoms with Crippen molar-refractivity contribution in [3.8, 4) is 0 Å². The van der Waals surface area contributed by atoms with Crippen molar-refractivity contribution in [1.82, 2.24) is 10.3 Å². The van der Waals surface area contributed by atoms with Gasteiger partial charge in [-0.2, -0.15) is 0 Å². The third-order valence-electron chi connectivity index (χ3n) is 3.53. The van der Waals surface area contributed by atoms with Gasteiger partial charge in [-0.25, -0.2) is 9.18 Å². The topological polar surface area (TPSA) is 56.9 Å². The number of halogens is 1. The first-order chi connectivity index (χ1) is 11.7. The van der Waals surface area contributed by atoms with Crippen LogP contribution in [0.25, 0.3) is 10.9 Å². The Bertz CT molecular complexity index is 817. The number of H-pyrrole nitrogens is 1. The normalized spacial score (nSPS) is 10.7. The zero-order valence-corrected chi connectivity index (χ0v) is 13.8. The quantitative estimate of drug-likeness (QED) is 0.452. The van der Waals surface area contributed by atoms with Crippen LogP contribution in [0, 0.1) is 5.82 Å². The smallest absolute Gasteiger partial charge is 0.319 e. The number of hydrogen-bond donors (Lipinski definition) is 3. The fourth-order valence-electron chi connectivity index (χ4n) is 2.36. The van der Waals surface area contributed by atoms with Crippen molar-refractivity contribution in [3.63, 3.8) is 0 Å². The van der Waals surface area contributed by atoms with E-state index in [0.717, 1.165) is 33.7 Å². The molecular weight excluding hydrogens is 325 g/mol. The molecule has 6 heteroatoms. The number of fused-ring (bicyclic) bond motifs is 1. The first-order valence-corrected chi connectivity index (χ1v) is 8.70. The summed E-state index contributed by atoms with van der Waals surface area (Å²) in [7, 11) is 0. The predicted octanol–water partition coefficient (Wildman–Crippen LogP) is 4.61. The summed E-state index contributed by atoms with van der Waals surface area (Å²) in [4.78, 5) is 16.1. The molecule has 0 aliphatic heterocycles. The van der Waals surface area contributed by atoms with Crippen LogP contribution < -0.4 is 10.6 Å². The lowest BCUT2D eigenvalue weighted by Crippen LogP contribution is -2.29. The second-order valence-corrected chi connectivity index (χ2v) is 6.45. The minimum atomic E-state index is -0.227. The van der Waals surface area contributed by atoms with Crippen LogP contribution in [-0.2, 0) is 0 Å². The Labute approximate surface area is 143 Å². The molecule has 1 aromatic heterocycles. The maximum absolute atomic E-state index is 12.8. The van der Waals surface area contributed by atoms with Crippen molar-refractivity contribution in [2.45, 2.75) is 11.3 Å². The van der Waals surface area contributed by atoms with Gasteiger partial charge in [0.15, 0.2) is 0 Å². The zero-order chi connectivity index (χ0) is 16.8. The number of thioether (sulfide) groups is 1. The number of aromatic nitrogens is 1. The number of aromatic amines is 1. The Morgan fingerprint density at radius 3 is 2.79 bits per heavy atom. The van der Waals surface area contributed by atoms with Crippen LogP contribution >= 0.6 is 11.8 Å². The van der Waals surface area contributed by atoms with Gasteiger partial charge in [0.25, 0.3) is 0 Å². The lowest BCUT2D eigenvalue weighted by atomic mass is 10.2. The molecule has 0 aliphatic rings. The molecular formula is C18H18FN3OS. The van der Waals surface area contributed by atoms with Gasteiger partial charge in [0.1, 0.15) is 5.82 Å². The number of carbonyl (C=O) groups is 1. The van der Waals surface area contributed by atoms with Crippen LogP contribution in [0.5, 0.6) is 0 Å². The van der Waals surface area contributed by atoms with Gasteiger partial charge in [-0.05, 0) is 54.6 Å².